The number of methoxy groups -OCH3 is 1. The molecule has 0 radical (unpaired) electrons. The molecule has 2 N–H and O–H groups in total. The Morgan fingerprint density at radius 2 is 2.30 bits per heavy atom. The Kier molecular flexibility index (Phi) is 3.93. The number of nitrogens with zero attached hydrogens (tertiary/aromatic N) is 1. The summed E-state index contributed by atoms with van der Waals surface area (Å²) in [5, 5.41) is 13.4. The number of phenols is 1. The molecule has 1 unspecified atom stereocenters. The Labute approximate surface area is 128 Å². The molecule has 2 heterocycles. The van der Waals surface area contributed by atoms with Gasteiger partial charge in [-0.25, -0.2) is 0 Å². The fourth-order valence-corrected chi connectivity index (χ4v) is 3.87. The Bertz CT molecular complexity index is 501. The summed E-state index contributed by atoms with van der Waals surface area (Å²) in [5.74, 6) is 0.723. The van der Waals surface area contributed by atoms with Crippen LogP contribution >= 0.6 is 15.9 Å². The van der Waals surface area contributed by atoms with E-state index in [0.717, 1.165) is 42.8 Å². The zero-order chi connectivity index (χ0) is 14.2. The molecule has 4 nitrogen and oxygen atoms in total. The van der Waals surface area contributed by atoms with E-state index in [2.05, 4.69) is 26.1 Å². The number of phenolic OH excluding ortho intramolecular Hbond substituents is 1. The van der Waals surface area contributed by atoms with Crippen molar-refractivity contribution in [2.45, 2.75) is 19.4 Å². The largest absolute Gasteiger partial charge is 0.504 e. The van der Waals surface area contributed by atoms with E-state index in [1.807, 2.05) is 6.07 Å². The van der Waals surface area contributed by atoms with Crippen molar-refractivity contribution in [2.75, 3.05) is 33.3 Å². The maximum atomic E-state index is 9.92. The van der Waals surface area contributed by atoms with Gasteiger partial charge in [-0.2, -0.15) is 0 Å². The van der Waals surface area contributed by atoms with E-state index in [1.54, 1.807) is 13.2 Å². The third kappa shape index (κ3) is 2.67. The molecule has 20 heavy (non-hydrogen) atoms. The molecule has 2 fully saturated rings. The molecule has 2 saturated heterocycles. The lowest BCUT2D eigenvalue weighted by atomic mass is 9.86. The van der Waals surface area contributed by atoms with Gasteiger partial charge in [0.25, 0.3) is 0 Å². The van der Waals surface area contributed by atoms with Gasteiger partial charge in [-0.05, 0) is 49.0 Å². The lowest BCUT2D eigenvalue weighted by molar-refractivity contribution is 0.268. The number of ether oxygens (including phenoxy) is 1. The second-order valence-electron chi connectivity index (χ2n) is 6.00. The molecule has 0 bridgehead atoms. The minimum Gasteiger partial charge on any atom is -0.504 e. The summed E-state index contributed by atoms with van der Waals surface area (Å²) >= 11 is 3.57. The van der Waals surface area contributed by atoms with Crippen molar-refractivity contribution in [1.82, 2.24) is 10.2 Å². The summed E-state index contributed by atoms with van der Waals surface area (Å²) in [6.45, 7) is 5.47. The van der Waals surface area contributed by atoms with Gasteiger partial charge in [0.1, 0.15) is 0 Å². The summed E-state index contributed by atoms with van der Waals surface area (Å²) in [6, 6.07) is 3.65. The highest BCUT2D eigenvalue weighted by Crippen LogP contribution is 2.38. The van der Waals surface area contributed by atoms with Crippen LogP contribution in [0, 0.1) is 5.41 Å². The summed E-state index contributed by atoms with van der Waals surface area (Å²) in [4.78, 5) is 2.49. The van der Waals surface area contributed by atoms with E-state index in [4.69, 9.17) is 4.74 Å². The van der Waals surface area contributed by atoms with Crippen LogP contribution in [-0.4, -0.2) is 43.3 Å². The summed E-state index contributed by atoms with van der Waals surface area (Å²) in [7, 11) is 1.57. The van der Waals surface area contributed by atoms with E-state index >= 15 is 0 Å². The highest BCUT2D eigenvalue weighted by Gasteiger charge is 2.40. The zero-order valence-corrected chi connectivity index (χ0v) is 13.4. The van der Waals surface area contributed by atoms with Crippen molar-refractivity contribution in [3.8, 4) is 11.5 Å². The van der Waals surface area contributed by atoms with Crippen molar-refractivity contribution >= 4 is 15.9 Å². The second kappa shape index (κ2) is 5.54. The molecule has 5 heteroatoms. The number of hydrogen-bond donors (Lipinski definition) is 2. The Balaban J connectivity index is 1.71. The van der Waals surface area contributed by atoms with Gasteiger partial charge in [0.05, 0.1) is 7.11 Å². The van der Waals surface area contributed by atoms with Gasteiger partial charge in [-0.15, -0.1) is 0 Å². The van der Waals surface area contributed by atoms with Gasteiger partial charge in [0.2, 0.25) is 0 Å². The van der Waals surface area contributed by atoms with E-state index in [0.29, 0.717) is 11.2 Å². The summed E-state index contributed by atoms with van der Waals surface area (Å²) in [6.07, 6.45) is 2.57. The Morgan fingerprint density at radius 1 is 1.45 bits per heavy atom. The van der Waals surface area contributed by atoms with Crippen LogP contribution in [0.15, 0.2) is 16.6 Å². The molecular weight excluding hydrogens is 320 g/mol. The monoisotopic (exact) mass is 340 g/mol. The number of aromatic hydroxyl groups is 1. The minimum absolute atomic E-state index is 0.210. The molecule has 1 atom stereocenters. The molecule has 0 saturated carbocycles. The molecular formula is C15H21BrN2O2. The number of benzene rings is 1. The molecule has 0 aromatic heterocycles. The summed E-state index contributed by atoms with van der Waals surface area (Å²) in [5.41, 5.74) is 1.60. The van der Waals surface area contributed by atoms with E-state index in [-0.39, 0.29) is 5.75 Å². The fourth-order valence-electron chi connectivity index (χ4n) is 3.42. The molecule has 3 rings (SSSR count). The van der Waals surface area contributed by atoms with Gasteiger partial charge < -0.3 is 15.2 Å². The SMILES string of the molecule is COc1cc(Br)c(CN2CCC3(CCNC3)C2)cc1O. The first-order valence-electron chi connectivity index (χ1n) is 7.10. The van der Waals surface area contributed by atoms with Crippen molar-refractivity contribution < 1.29 is 9.84 Å². The number of likely N-dealkylation sites (tertiary alicyclic amines) is 1. The minimum atomic E-state index is 0.210. The third-order valence-corrected chi connectivity index (χ3v) is 5.33. The molecule has 1 aromatic carbocycles. The van der Waals surface area contributed by atoms with Gasteiger partial charge in [-0.1, -0.05) is 15.9 Å². The van der Waals surface area contributed by atoms with Gasteiger partial charge >= 0.3 is 0 Å². The second-order valence-corrected chi connectivity index (χ2v) is 6.86. The molecule has 2 aliphatic heterocycles. The van der Waals surface area contributed by atoms with Crippen molar-refractivity contribution in [1.29, 1.82) is 0 Å². The maximum absolute atomic E-state index is 9.92. The average molecular weight is 341 g/mol. The van der Waals surface area contributed by atoms with Crippen LogP contribution in [0.4, 0.5) is 0 Å². The standard InChI is InChI=1S/C15H21BrN2O2/c1-20-14-7-12(16)11(6-13(14)19)8-18-5-3-15(10-18)2-4-17-9-15/h6-7,17,19H,2-5,8-10H2,1H3. The molecule has 2 aliphatic rings. The van der Waals surface area contributed by atoms with Crippen LogP contribution in [0.2, 0.25) is 0 Å². The number of rotatable bonds is 3. The topological polar surface area (TPSA) is 44.7 Å². The number of nitrogens with one attached hydrogen (secondary N) is 1. The van der Waals surface area contributed by atoms with Crippen LogP contribution in [-0.2, 0) is 6.54 Å². The van der Waals surface area contributed by atoms with E-state index < -0.39 is 0 Å². The smallest absolute Gasteiger partial charge is 0.161 e. The first kappa shape index (κ1) is 14.2. The first-order valence-corrected chi connectivity index (χ1v) is 7.90. The molecule has 0 aliphatic carbocycles. The zero-order valence-electron chi connectivity index (χ0n) is 11.8. The molecule has 1 spiro atoms. The summed E-state index contributed by atoms with van der Waals surface area (Å²) < 4.78 is 6.12. The number of hydrogen-bond acceptors (Lipinski definition) is 4. The molecule has 0 amide bonds. The van der Waals surface area contributed by atoms with Crippen LogP contribution in [0.25, 0.3) is 0 Å². The fraction of sp³-hybridized carbons (Fsp3) is 0.600. The van der Waals surface area contributed by atoms with E-state index in [1.165, 1.54) is 12.8 Å². The van der Waals surface area contributed by atoms with E-state index in [9.17, 15) is 5.11 Å². The van der Waals surface area contributed by atoms with Crippen LogP contribution in [0.3, 0.4) is 0 Å². The third-order valence-electron chi connectivity index (χ3n) is 4.59. The first-order chi connectivity index (χ1) is 9.62. The van der Waals surface area contributed by atoms with Crippen molar-refractivity contribution in [3.63, 3.8) is 0 Å². The molecule has 110 valence electrons. The van der Waals surface area contributed by atoms with Crippen LogP contribution < -0.4 is 10.1 Å². The maximum Gasteiger partial charge on any atom is 0.161 e. The van der Waals surface area contributed by atoms with Crippen LogP contribution in [0.1, 0.15) is 18.4 Å². The Hall–Kier alpha value is -0.780. The van der Waals surface area contributed by atoms with Gasteiger partial charge in [-0.3, -0.25) is 4.90 Å². The highest BCUT2D eigenvalue weighted by atomic mass is 79.9. The Morgan fingerprint density at radius 3 is 3.00 bits per heavy atom. The lowest BCUT2D eigenvalue weighted by Crippen LogP contribution is -2.29. The lowest BCUT2D eigenvalue weighted by Gasteiger charge is -2.23. The van der Waals surface area contributed by atoms with Crippen molar-refractivity contribution in [3.05, 3.63) is 22.2 Å². The number of halogens is 1. The van der Waals surface area contributed by atoms with Gasteiger partial charge in [0, 0.05) is 24.1 Å². The predicted octanol–water partition coefficient (Wildman–Crippen LogP) is 2.35. The van der Waals surface area contributed by atoms with Crippen LogP contribution in [0.5, 0.6) is 11.5 Å². The highest BCUT2D eigenvalue weighted by molar-refractivity contribution is 9.10. The quantitative estimate of drug-likeness (QED) is 0.886. The normalized spacial score (nSPS) is 26.5. The predicted molar refractivity (Wildman–Crippen MR) is 82.2 cm³/mol. The van der Waals surface area contributed by atoms with Crippen molar-refractivity contribution in [2.24, 2.45) is 5.41 Å². The van der Waals surface area contributed by atoms with Gasteiger partial charge in [0.15, 0.2) is 11.5 Å². The average Bonchev–Trinajstić information content (AvgIpc) is 3.04. The molecule has 1 aromatic rings.